The summed E-state index contributed by atoms with van der Waals surface area (Å²) in [6.07, 6.45) is 0. The van der Waals surface area contributed by atoms with Crippen molar-refractivity contribution in [2.24, 2.45) is 5.16 Å². The minimum Gasteiger partial charge on any atom is -0.312 e. The first kappa shape index (κ1) is 17.2. The summed E-state index contributed by atoms with van der Waals surface area (Å²) in [5.41, 5.74) is 2.48. The number of halogens is 2. The Hall–Kier alpha value is -2.62. The Kier molecular flexibility index (Phi) is 5.49. The highest BCUT2D eigenvalue weighted by Crippen LogP contribution is 2.17. The van der Waals surface area contributed by atoms with Crippen LogP contribution in [-0.2, 0) is 4.84 Å². The fourth-order valence-corrected chi connectivity index (χ4v) is 2.45. The lowest BCUT2D eigenvalue weighted by atomic mass is 10.0. The quantitative estimate of drug-likeness (QED) is 0.341. The van der Waals surface area contributed by atoms with Gasteiger partial charge in [-0.1, -0.05) is 70.8 Å². The molecule has 0 heterocycles. The Bertz CT molecular complexity index is 842. The maximum Gasteiger partial charge on any atom is 0.365 e. The number of carbonyl (C=O) groups excluding carboxylic acids is 1. The van der Waals surface area contributed by atoms with Gasteiger partial charge in [0.2, 0.25) is 0 Å². The van der Waals surface area contributed by atoms with Crippen LogP contribution in [0.5, 0.6) is 0 Å². The first-order valence-electron chi connectivity index (χ1n) is 7.50. The molecule has 5 heteroatoms. The van der Waals surface area contributed by atoms with E-state index in [9.17, 15) is 4.79 Å². The molecule has 0 radical (unpaired) electrons. The molecule has 0 atom stereocenters. The average molecular weight is 370 g/mol. The lowest BCUT2D eigenvalue weighted by molar-refractivity contribution is 0.0517. The molecular formula is C20H13Cl2NO2. The van der Waals surface area contributed by atoms with Crippen LogP contribution in [-0.4, -0.2) is 11.7 Å². The first-order chi connectivity index (χ1) is 12.1. The number of hydrogen-bond donors (Lipinski definition) is 0. The molecular weight excluding hydrogens is 357 g/mol. The van der Waals surface area contributed by atoms with Crippen LogP contribution in [0.25, 0.3) is 0 Å². The van der Waals surface area contributed by atoms with Gasteiger partial charge in [0.25, 0.3) is 0 Å². The Morgan fingerprint density at radius 1 is 0.680 bits per heavy atom. The Balaban J connectivity index is 1.94. The van der Waals surface area contributed by atoms with Gasteiger partial charge in [-0.25, -0.2) is 4.79 Å². The number of oxime groups is 1. The number of benzene rings is 3. The molecule has 0 spiro atoms. The van der Waals surface area contributed by atoms with Gasteiger partial charge >= 0.3 is 5.97 Å². The summed E-state index contributed by atoms with van der Waals surface area (Å²) in [5, 5.41) is 5.30. The van der Waals surface area contributed by atoms with Crippen molar-refractivity contribution in [1.29, 1.82) is 0 Å². The van der Waals surface area contributed by atoms with E-state index in [-0.39, 0.29) is 0 Å². The van der Waals surface area contributed by atoms with Crippen molar-refractivity contribution in [3.05, 3.63) is 106 Å². The third-order valence-electron chi connectivity index (χ3n) is 3.46. The SMILES string of the molecule is O=C(ON=C(c1ccc(Cl)cc1)c1ccc(Cl)cc1)c1ccccc1. The van der Waals surface area contributed by atoms with E-state index in [2.05, 4.69) is 5.16 Å². The van der Waals surface area contributed by atoms with E-state index < -0.39 is 5.97 Å². The fraction of sp³-hybridized carbons (Fsp3) is 0. The molecule has 0 fully saturated rings. The van der Waals surface area contributed by atoms with E-state index in [1.807, 2.05) is 30.3 Å². The average Bonchev–Trinajstić information content (AvgIpc) is 2.65. The molecule has 0 unspecified atom stereocenters. The van der Waals surface area contributed by atoms with E-state index in [1.165, 1.54) is 0 Å². The largest absolute Gasteiger partial charge is 0.365 e. The van der Waals surface area contributed by atoms with Gasteiger partial charge in [0.15, 0.2) is 0 Å². The molecule has 3 rings (SSSR count). The molecule has 0 aromatic heterocycles. The van der Waals surface area contributed by atoms with Crippen LogP contribution in [0.15, 0.2) is 84.0 Å². The summed E-state index contributed by atoms with van der Waals surface area (Å²) in [4.78, 5) is 17.3. The smallest absolute Gasteiger partial charge is 0.312 e. The minimum absolute atomic E-state index is 0.429. The summed E-state index contributed by atoms with van der Waals surface area (Å²) >= 11 is 11.9. The van der Waals surface area contributed by atoms with Crippen LogP contribution in [0.3, 0.4) is 0 Å². The highest BCUT2D eigenvalue weighted by molar-refractivity contribution is 6.31. The van der Waals surface area contributed by atoms with Crippen LogP contribution in [0.2, 0.25) is 10.0 Å². The summed E-state index contributed by atoms with van der Waals surface area (Å²) in [6.45, 7) is 0. The van der Waals surface area contributed by atoms with E-state index in [4.69, 9.17) is 28.0 Å². The van der Waals surface area contributed by atoms with Crippen molar-refractivity contribution in [3.63, 3.8) is 0 Å². The van der Waals surface area contributed by atoms with Crippen molar-refractivity contribution in [3.8, 4) is 0 Å². The third kappa shape index (κ3) is 4.47. The Morgan fingerprint density at radius 3 is 1.64 bits per heavy atom. The van der Waals surface area contributed by atoms with Crippen molar-refractivity contribution in [2.45, 2.75) is 0 Å². The van der Waals surface area contributed by atoms with Gasteiger partial charge in [-0.05, 0) is 36.4 Å². The zero-order valence-corrected chi connectivity index (χ0v) is 14.5. The lowest BCUT2D eigenvalue weighted by Gasteiger charge is -2.07. The van der Waals surface area contributed by atoms with Crippen molar-refractivity contribution in [2.75, 3.05) is 0 Å². The van der Waals surface area contributed by atoms with Crippen LogP contribution in [0, 0.1) is 0 Å². The van der Waals surface area contributed by atoms with E-state index >= 15 is 0 Å². The van der Waals surface area contributed by atoms with Crippen molar-refractivity contribution in [1.82, 2.24) is 0 Å². The van der Waals surface area contributed by atoms with Crippen LogP contribution < -0.4 is 0 Å². The highest BCUT2D eigenvalue weighted by Gasteiger charge is 2.11. The summed E-state index contributed by atoms with van der Waals surface area (Å²) in [7, 11) is 0. The second-order valence-corrected chi connectivity index (χ2v) is 6.07. The lowest BCUT2D eigenvalue weighted by Crippen LogP contribution is -2.07. The molecule has 124 valence electrons. The molecule has 0 aliphatic rings. The van der Waals surface area contributed by atoms with Gasteiger partial charge in [-0.3, -0.25) is 0 Å². The Morgan fingerprint density at radius 2 is 1.16 bits per heavy atom. The Labute approximate surface area is 155 Å². The topological polar surface area (TPSA) is 38.7 Å². The maximum absolute atomic E-state index is 12.1. The minimum atomic E-state index is -0.527. The molecule has 0 bridgehead atoms. The molecule has 0 amide bonds. The molecule has 0 aliphatic heterocycles. The molecule has 0 aliphatic carbocycles. The first-order valence-corrected chi connectivity index (χ1v) is 8.25. The second-order valence-electron chi connectivity index (χ2n) is 5.20. The van der Waals surface area contributed by atoms with Crippen LogP contribution in [0.4, 0.5) is 0 Å². The number of hydrogen-bond acceptors (Lipinski definition) is 3. The summed E-state index contributed by atoms with van der Waals surface area (Å²) in [6, 6.07) is 22.9. The second kappa shape index (κ2) is 7.97. The standard InChI is InChI=1S/C20H13Cl2NO2/c21-17-10-6-14(7-11-17)19(15-8-12-18(22)13-9-15)23-25-20(24)16-4-2-1-3-5-16/h1-13H. The monoisotopic (exact) mass is 369 g/mol. The molecule has 3 aromatic carbocycles. The fourth-order valence-electron chi connectivity index (χ4n) is 2.20. The van der Waals surface area contributed by atoms with Gasteiger partial charge in [-0.2, -0.15) is 0 Å². The predicted molar refractivity (Wildman–Crippen MR) is 100 cm³/mol. The van der Waals surface area contributed by atoms with Gasteiger partial charge in [0.05, 0.1) is 5.56 Å². The number of nitrogens with zero attached hydrogens (tertiary/aromatic N) is 1. The van der Waals surface area contributed by atoms with Gasteiger partial charge < -0.3 is 4.84 Å². The molecule has 25 heavy (non-hydrogen) atoms. The van der Waals surface area contributed by atoms with Gasteiger partial charge in [0, 0.05) is 21.2 Å². The number of carbonyl (C=O) groups is 1. The van der Waals surface area contributed by atoms with Crippen LogP contribution >= 0.6 is 23.2 Å². The number of rotatable bonds is 4. The third-order valence-corrected chi connectivity index (χ3v) is 3.97. The summed E-state index contributed by atoms with van der Waals surface area (Å²) in [5.74, 6) is -0.527. The molecule has 0 saturated carbocycles. The predicted octanol–water partition coefficient (Wildman–Crippen LogP) is 5.60. The zero-order chi connectivity index (χ0) is 17.6. The van der Waals surface area contributed by atoms with E-state index in [1.54, 1.807) is 48.5 Å². The van der Waals surface area contributed by atoms with E-state index in [0.29, 0.717) is 21.3 Å². The highest BCUT2D eigenvalue weighted by atomic mass is 35.5. The summed E-state index contributed by atoms with van der Waals surface area (Å²) < 4.78 is 0. The van der Waals surface area contributed by atoms with Crippen molar-refractivity contribution < 1.29 is 9.63 Å². The van der Waals surface area contributed by atoms with Gasteiger partial charge in [0.1, 0.15) is 5.71 Å². The van der Waals surface area contributed by atoms with Gasteiger partial charge in [-0.15, -0.1) is 0 Å². The normalized spacial score (nSPS) is 10.2. The van der Waals surface area contributed by atoms with Crippen molar-refractivity contribution >= 4 is 34.9 Å². The zero-order valence-electron chi connectivity index (χ0n) is 13.0. The van der Waals surface area contributed by atoms with E-state index in [0.717, 1.165) is 11.1 Å². The van der Waals surface area contributed by atoms with Crippen LogP contribution in [0.1, 0.15) is 21.5 Å². The maximum atomic E-state index is 12.1. The molecule has 3 nitrogen and oxygen atoms in total. The molecule has 0 saturated heterocycles. The molecule has 3 aromatic rings. The molecule has 0 N–H and O–H groups in total.